The van der Waals surface area contributed by atoms with E-state index in [0.717, 1.165) is 11.3 Å². The van der Waals surface area contributed by atoms with E-state index in [9.17, 15) is 9.90 Å². The maximum Gasteiger partial charge on any atom is 0.336 e. The normalized spacial score (nSPS) is 10.1. The Morgan fingerprint density at radius 1 is 1.29 bits per heavy atom. The van der Waals surface area contributed by atoms with E-state index in [4.69, 9.17) is 9.47 Å². The van der Waals surface area contributed by atoms with Crippen molar-refractivity contribution in [2.45, 2.75) is 13.5 Å². The number of carboxylic acid groups (broad SMARTS) is 1. The molecule has 5 nitrogen and oxygen atoms in total. The number of ether oxygens (including phenoxy) is 2. The molecule has 2 rings (SSSR count). The summed E-state index contributed by atoms with van der Waals surface area (Å²) in [6.45, 7) is 6.37. The van der Waals surface area contributed by atoms with Gasteiger partial charge in [0.15, 0.2) is 11.5 Å². The number of nitrogens with one attached hydrogen (secondary N) is 1. The van der Waals surface area contributed by atoms with Crippen LogP contribution < -0.4 is 14.8 Å². The second-order valence-corrected chi connectivity index (χ2v) is 5.22. The lowest BCUT2D eigenvalue weighted by Crippen LogP contribution is -2.06. The summed E-state index contributed by atoms with van der Waals surface area (Å²) >= 11 is 0. The van der Waals surface area contributed by atoms with E-state index < -0.39 is 5.97 Å². The van der Waals surface area contributed by atoms with Crippen LogP contribution in [-0.2, 0) is 6.54 Å². The van der Waals surface area contributed by atoms with E-state index in [1.54, 1.807) is 32.2 Å². The largest absolute Gasteiger partial charge is 0.493 e. The first kappa shape index (κ1) is 17.4. The van der Waals surface area contributed by atoms with Crippen LogP contribution in [0.4, 0.5) is 5.69 Å². The molecular weight excluding hydrogens is 306 g/mol. The maximum atomic E-state index is 11.2. The van der Waals surface area contributed by atoms with Gasteiger partial charge in [0.05, 0.1) is 12.7 Å². The zero-order chi connectivity index (χ0) is 17.5. The van der Waals surface area contributed by atoms with Gasteiger partial charge in [-0.2, -0.15) is 0 Å². The summed E-state index contributed by atoms with van der Waals surface area (Å²) in [4.78, 5) is 11.2. The lowest BCUT2D eigenvalue weighted by atomic mass is 10.1. The number of hydrogen-bond donors (Lipinski definition) is 2. The average Bonchev–Trinajstić information content (AvgIpc) is 2.59. The van der Waals surface area contributed by atoms with Gasteiger partial charge in [-0.1, -0.05) is 24.8 Å². The number of benzene rings is 2. The highest BCUT2D eigenvalue weighted by molar-refractivity contribution is 5.91. The first-order valence-electron chi connectivity index (χ1n) is 7.54. The van der Waals surface area contributed by atoms with Crippen LogP contribution in [-0.4, -0.2) is 24.8 Å². The molecule has 126 valence electrons. The minimum Gasteiger partial charge on any atom is -0.493 e. The average molecular weight is 327 g/mol. The fourth-order valence-electron chi connectivity index (χ4n) is 2.35. The molecule has 0 fully saturated rings. The molecule has 0 aliphatic heterocycles. The molecular formula is C19H21NO4. The van der Waals surface area contributed by atoms with Gasteiger partial charge in [0.1, 0.15) is 6.61 Å². The van der Waals surface area contributed by atoms with Crippen molar-refractivity contribution in [3.8, 4) is 11.5 Å². The molecule has 2 N–H and O–H groups in total. The van der Waals surface area contributed by atoms with Crippen molar-refractivity contribution >= 4 is 11.7 Å². The lowest BCUT2D eigenvalue weighted by molar-refractivity contribution is 0.0696. The van der Waals surface area contributed by atoms with E-state index in [-0.39, 0.29) is 0 Å². The third-order valence-corrected chi connectivity index (χ3v) is 3.63. The van der Waals surface area contributed by atoms with Gasteiger partial charge in [0.25, 0.3) is 0 Å². The molecule has 0 unspecified atom stereocenters. The number of anilines is 1. The van der Waals surface area contributed by atoms with E-state index in [2.05, 4.69) is 11.9 Å². The van der Waals surface area contributed by atoms with Gasteiger partial charge in [-0.05, 0) is 42.3 Å². The van der Waals surface area contributed by atoms with Crippen molar-refractivity contribution < 1.29 is 19.4 Å². The molecule has 0 bridgehead atoms. The molecule has 24 heavy (non-hydrogen) atoms. The van der Waals surface area contributed by atoms with Gasteiger partial charge in [-0.25, -0.2) is 4.79 Å². The predicted octanol–water partition coefficient (Wildman–Crippen LogP) is 3.88. The summed E-state index contributed by atoms with van der Waals surface area (Å²) in [5, 5.41) is 12.4. The number of aromatic carboxylic acids is 1. The molecule has 0 atom stereocenters. The summed E-state index contributed by atoms with van der Waals surface area (Å²) in [6, 6.07) is 10.9. The Kier molecular flexibility index (Phi) is 5.84. The van der Waals surface area contributed by atoms with Crippen LogP contribution in [0.1, 0.15) is 21.5 Å². The van der Waals surface area contributed by atoms with Gasteiger partial charge in [-0.3, -0.25) is 0 Å². The highest BCUT2D eigenvalue weighted by atomic mass is 16.5. The lowest BCUT2D eigenvalue weighted by Gasteiger charge is -2.14. The Hall–Kier alpha value is -2.95. The number of methoxy groups -OCH3 is 1. The molecule has 0 amide bonds. The fourth-order valence-corrected chi connectivity index (χ4v) is 2.35. The summed E-state index contributed by atoms with van der Waals surface area (Å²) in [5.74, 6) is 0.374. The molecule has 0 saturated carbocycles. The zero-order valence-corrected chi connectivity index (χ0v) is 13.8. The topological polar surface area (TPSA) is 67.8 Å². The van der Waals surface area contributed by atoms with Crippen molar-refractivity contribution in [2.75, 3.05) is 19.0 Å². The third-order valence-electron chi connectivity index (χ3n) is 3.63. The monoisotopic (exact) mass is 327 g/mol. The number of carbonyl (C=O) groups is 1. The molecule has 0 saturated heterocycles. The van der Waals surface area contributed by atoms with Gasteiger partial charge in [0.2, 0.25) is 0 Å². The summed E-state index contributed by atoms with van der Waals surface area (Å²) in [5.41, 5.74) is 2.80. The van der Waals surface area contributed by atoms with Gasteiger partial charge >= 0.3 is 5.97 Å². The second-order valence-electron chi connectivity index (χ2n) is 5.22. The van der Waals surface area contributed by atoms with Crippen LogP contribution in [0.25, 0.3) is 0 Å². The highest BCUT2D eigenvalue weighted by Crippen LogP contribution is 2.28. The number of carboxylic acids is 1. The van der Waals surface area contributed by atoms with Gasteiger partial charge in [-0.15, -0.1) is 0 Å². The smallest absolute Gasteiger partial charge is 0.336 e. The van der Waals surface area contributed by atoms with Crippen molar-refractivity contribution in [3.05, 3.63) is 65.7 Å². The Balaban J connectivity index is 2.13. The second kappa shape index (κ2) is 8.06. The van der Waals surface area contributed by atoms with Crippen molar-refractivity contribution in [2.24, 2.45) is 0 Å². The quantitative estimate of drug-likeness (QED) is 0.720. The minimum absolute atomic E-state index is 0.297. The van der Waals surface area contributed by atoms with Crippen molar-refractivity contribution in [1.82, 2.24) is 0 Å². The first-order chi connectivity index (χ1) is 11.6. The minimum atomic E-state index is -0.929. The Bertz CT molecular complexity index is 740. The van der Waals surface area contributed by atoms with Crippen LogP contribution in [0.2, 0.25) is 0 Å². The third kappa shape index (κ3) is 4.07. The Labute approximate surface area is 141 Å². The van der Waals surface area contributed by atoms with Crippen LogP contribution in [0.3, 0.4) is 0 Å². The molecule has 2 aromatic rings. The van der Waals surface area contributed by atoms with Crippen LogP contribution in [0.15, 0.2) is 49.1 Å². The Morgan fingerprint density at radius 3 is 2.75 bits per heavy atom. The number of rotatable bonds is 8. The van der Waals surface area contributed by atoms with E-state index >= 15 is 0 Å². The summed E-state index contributed by atoms with van der Waals surface area (Å²) in [7, 11) is 1.59. The fraction of sp³-hybridized carbons (Fsp3) is 0.211. The van der Waals surface area contributed by atoms with E-state index in [1.807, 2.05) is 24.3 Å². The van der Waals surface area contributed by atoms with Crippen LogP contribution >= 0.6 is 0 Å². The summed E-state index contributed by atoms with van der Waals surface area (Å²) in [6.07, 6.45) is 1.67. The molecule has 0 aliphatic rings. The molecule has 0 radical (unpaired) electrons. The SMILES string of the molecule is C=CCOc1ccc(CNc2cccc(C(=O)O)c2C)cc1OC. The Morgan fingerprint density at radius 2 is 2.08 bits per heavy atom. The van der Waals surface area contributed by atoms with Crippen molar-refractivity contribution in [1.29, 1.82) is 0 Å². The highest BCUT2D eigenvalue weighted by Gasteiger charge is 2.10. The van der Waals surface area contributed by atoms with Crippen molar-refractivity contribution in [3.63, 3.8) is 0 Å². The standard InChI is InChI=1S/C19H21NO4/c1-4-10-24-17-9-8-14(11-18(17)23-3)12-20-16-7-5-6-15(13(16)2)19(21)22/h4-9,11,20H,1,10,12H2,2-3H3,(H,21,22). The van der Waals surface area contributed by atoms with Gasteiger partial charge in [0, 0.05) is 12.2 Å². The van der Waals surface area contributed by atoms with E-state index in [0.29, 0.717) is 35.8 Å². The first-order valence-corrected chi connectivity index (χ1v) is 7.54. The van der Waals surface area contributed by atoms with Crippen LogP contribution in [0.5, 0.6) is 11.5 Å². The molecule has 0 heterocycles. The van der Waals surface area contributed by atoms with Gasteiger partial charge < -0.3 is 19.9 Å². The van der Waals surface area contributed by atoms with Crippen LogP contribution in [0, 0.1) is 6.92 Å². The van der Waals surface area contributed by atoms with E-state index in [1.165, 1.54) is 0 Å². The molecule has 2 aromatic carbocycles. The molecule has 0 aliphatic carbocycles. The number of hydrogen-bond acceptors (Lipinski definition) is 4. The molecule has 0 aromatic heterocycles. The molecule has 5 heteroatoms. The zero-order valence-electron chi connectivity index (χ0n) is 13.8. The maximum absolute atomic E-state index is 11.2. The summed E-state index contributed by atoms with van der Waals surface area (Å²) < 4.78 is 10.9. The molecule has 0 spiro atoms. The predicted molar refractivity (Wildman–Crippen MR) is 94.2 cm³/mol.